The Morgan fingerprint density at radius 1 is 1.45 bits per heavy atom. The number of β-amino-alcohol motifs (C(OH)–C–C–N with tert-alkyl or cyclic N) is 1. The molecule has 0 spiro atoms. The largest absolute Gasteiger partial charge is 0.392 e. The zero-order chi connectivity index (χ0) is 8.43. The quantitative estimate of drug-likeness (QED) is 0.659. The van der Waals surface area contributed by atoms with Crippen molar-refractivity contribution >= 4 is 0 Å². The lowest BCUT2D eigenvalue weighted by atomic mass is 10.00. The van der Waals surface area contributed by atoms with Gasteiger partial charge >= 0.3 is 0 Å². The molecule has 1 rings (SSSR count). The summed E-state index contributed by atoms with van der Waals surface area (Å²) in [6, 6.07) is 0. The molecule has 0 aliphatic carbocycles. The first-order chi connectivity index (χ1) is 5.09. The Labute approximate surface area is 69.2 Å². The van der Waals surface area contributed by atoms with E-state index in [2.05, 4.69) is 25.7 Å². The highest BCUT2D eigenvalue weighted by Crippen LogP contribution is 2.15. The zero-order valence-corrected chi connectivity index (χ0v) is 7.75. The van der Waals surface area contributed by atoms with E-state index in [-0.39, 0.29) is 6.10 Å². The SMILES string of the molecule is CC1CN(CC(O)C(C)C)C1. The first kappa shape index (κ1) is 9.01. The number of aliphatic hydroxyl groups is 1. The molecule has 0 aromatic carbocycles. The van der Waals surface area contributed by atoms with Gasteiger partial charge in [0.1, 0.15) is 0 Å². The van der Waals surface area contributed by atoms with Crippen molar-refractivity contribution in [3.05, 3.63) is 0 Å². The van der Waals surface area contributed by atoms with Crippen LogP contribution in [0.5, 0.6) is 0 Å². The summed E-state index contributed by atoms with van der Waals surface area (Å²) in [4.78, 5) is 2.31. The van der Waals surface area contributed by atoms with Crippen LogP contribution in [0.3, 0.4) is 0 Å². The van der Waals surface area contributed by atoms with Gasteiger partial charge in [0.15, 0.2) is 0 Å². The second-order valence-corrected chi connectivity index (χ2v) is 4.14. The van der Waals surface area contributed by atoms with Crippen molar-refractivity contribution < 1.29 is 5.11 Å². The molecule has 1 N–H and O–H groups in total. The van der Waals surface area contributed by atoms with Crippen LogP contribution in [0.25, 0.3) is 0 Å². The number of rotatable bonds is 3. The molecule has 1 aliphatic heterocycles. The van der Waals surface area contributed by atoms with Gasteiger partial charge < -0.3 is 10.0 Å². The lowest BCUT2D eigenvalue weighted by Gasteiger charge is -2.38. The molecule has 0 amide bonds. The van der Waals surface area contributed by atoms with Crippen molar-refractivity contribution in [2.45, 2.75) is 26.9 Å². The minimum absolute atomic E-state index is 0.137. The van der Waals surface area contributed by atoms with Crippen molar-refractivity contribution in [3.63, 3.8) is 0 Å². The van der Waals surface area contributed by atoms with E-state index in [4.69, 9.17) is 0 Å². The topological polar surface area (TPSA) is 23.5 Å². The van der Waals surface area contributed by atoms with Crippen molar-refractivity contribution in [1.82, 2.24) is 4.90 Å². The fraction of sp³-hybridized carbons (Fsp3) is 1.00. The Kier molecular flexibility index (Phi) is 2.90. The van der Waals surface area contributed by atoms with Crippen LogP contribution in [-0.4, -0.2) is 35.7 Å². The van der Waals surface area contributed by atoms with E-state index in [1.165, 1.54) is 13.1 Å². The molecule has 1 fully saturated rings. The average molecular weight is 157 g/mol. The number of hydrogen-bond donors (Lipinski definition) is 1. The summed E-state index contributed by atoms with van der Waals surface area (Å²) >= 11 is 0. The summed E-state index contributed by atoms with van der Waals surface area (Å²) in [7, 11) is 0. The molecule has 11 heavy (non-hydrogen) atoms. The van der Waals surface area contributed by atoms with Crippen LogP contribution in [0.1, 0.15) is 20.8 Å². The van der Waals surface area contributed by atoms with E-state index in [0.29, 0.717) is 5.92 Å². The molecule has 2 heteroatoms. The standard InChI is InChI=1S/C9H19NO/c1-7(2)9(11)6-10-4-8(3)5-10/h7-9,11H,4-6H2,1-3H3. The van der Waals surface area contributed by atoms with Crippen LogP contribution < -0.4 is 0 Å². The van der Waals surface area contributed by atoms with Crippen LogP contribution in [0.15, 0.2) is 0 Å². The molecule has 1 aliphatic rings. The highest BCUT2D eigenvalue weighted by Gasteiger charge is 2.24. The van der Waals surface area contributed by atoms with E-state index in [0.717, 1.165) is 12.5 Å². The summed E-state index contributed by atoms with van der Waals surface area (Å²) in [6.45, 7) is 9.58. The Morgan fingerprint density at radius 3 is 2.36 bits per heavy atom. The Balaban J connectivity index is 2.11. The molecular formula is C9H19NO. The third-order valence-electron chi connectivity index (χ3n) is 2.35. The van der Waals surface area contributed by atoms with Gasteiger partial charge in [-0.2, -0.15) is 0 Å². The van der Waals surface area contributed by atoms with Crippen LogP contribution in [-0.2, 0) is 0 Å². The number of hydrogen-bond acceptors (Lipinski definition) is 2. The molecule has 0 aromatic rings. The maximum absolute atomic E-state index is 9.51. The monoisotopic (exact) mass is 157 g/mol. The van der Waals surface area contributed by atoms with Crippen LogP contribution in [0.4, 0.5) is 0 Å². The van der Waals surface area contributed by atoms with Gasteiger partial charge in [-0.1, -0.05) is 20.8 Å². The maximum Gasteiger partial charge on any atom is 0.0689 e. The molecular weight excluding hydrogens is 138 g/mol. The fourth-order valence-electron chi connectivity index (χ4n) is 1.45. The zero-order valence-electron chi connectivity index (χ0n) is 7.75. The van der Waals surface area contributed by atoms with Gasteiger partial charge in [0.25, 0.3) is 0 Å². The highest BCUT2D eigenvalue weighted by molar-refractivity contribution is 4.78. The van der Waals surface area contributed by atoms with Gasteiger partial charge in [0.2, 0.25) is 0 Å². The van der Waals surface area contributed by atoms with Crippen molar-refractivity contribution in [3.8, 4) is 0 Å². The number of nitrogens with zero attached hydrogens (tertiary/aromatic N) is 1. The van der Waals surface area contributed by atoms with Crippen molar-refractivity contribution in [2.24, 2.45) is 11.8 Å². The van der Waals surface area contributed by atoms with Gasteiger partial charge in [0.05, 0.1) is 6.10 Å². The molecule has 0 radical (unpaired) electrons. The van der Waals surface area contributed by atoms with E-state index >= 15 is 0 Å². The molecule has 1 atom stereocenters. The number of aliphatic hydroxyl groups excluding tert-OH is 1. The normalized spacial score (nSPS) is 23.7. The van der Waals surface area contributed by atoms with E-state index in [9.17, 15) is 5.11 Å². The van der Waals surface area contributed by atoms with Crippen LogP contribution >= 0.6 is 0 Å². The van der Waals surface area contributed by atoms with Gasteiger partial charge in [-0.25, -0.2) is 0 Å². The summed E-state index contributed by atoms with van der Waals surface area (Å²) in [5.74, 6) is 1.24. The highest BCUT2D eigenvalue weighted by atomic mass is 16.3. The van der Waals surface area contributed by atoms with Crippen LogP contribution in [0.2, 0.25) is 0 Å². The summed E-state index contributed by atoms with van der Waals surface area (Å²) in [5.41, 5.74) is 0. The Bertz CT molecular complexity index is 119. The smallest absolute Gasteiger partial charge is 0.0689 e. The minimum atomic E-state index is -0.137. The molecule has 1 unspecified atom stereocenters. The van der Waals surface area contributed by atoms with Crippen molar-refractivity contribution in [2.75, 3.05) is 19.6 Å². The van der Waals surface area contributed by atoms with E-state index in [1.807, 2.05) is 0 Å². The maximum atomic E-state index is 9.51. The first-order valence-electron chi connectivity index (χ1n) is 4.50. The number of likely N-dealkylation sites (tertiary alicyclic amines) is 1. The molecule has 66 valence electrons. The molecule has 0 bridgehead atoms. The average Bonchev–Trinajstić information content (AvgIpc) is 1.84. The molecule has 1 heterocycles. The van der Waals surface area contributed by atoms with E-state index < -0.39 is 0 Å². The van der Waals surface area contributed by atoms with E-state index in [1.54, 1.807) is 0 Å². The van der Waals surface area contributed by atoms with Gasteiger partial charge in [-0.05, 0) is 11.8 Å². The third-order valence-corrected chi connectivity index (χ3v) is 2.35. The summed E-state index contributed by atoms with van der Waals surface area (Å²) in [6.07, 6.45) is -0.137. The predicted molar refractivity (Wildman–Crippen MR) is 46.4 cm³/mol. The molecule has 0 saturated carbocycles. The predicted octanol–water partition coefficient (Wildman–Crippen LogP) is 0.955. The molecule has 0 aromatic heterocycles. The Morgan fingerprint density at radius 2 is 2.00 bits per heavy atom. The lowest BCUT2D eigenvalue weighted by Crippen LogP contribution is -2.49. The van der Waals surface area contributed by atoms with Gasteiger partial charge in [-0.3, -0.25) is 0 Å². The van der Waals surface area contributed by atoms with Crippen LogP contribution in [0, 0.1) is 11.8 Å². The van der Waals surface area contributed by atoms with Crippen molar-refractivity contribution in [1.29, 1.82) is 0 Å². The second-order valence-electron chi connectivity index (χ2n) is 4.14. The third kappa shape index (κ3) is 2.46. The second kappa shape index (κ2) is 3.55. The van der Waals surface area contributed by atoms with Gasteiger partial charge in [-0.15, -0.1) is 0 Å². The Hall–Kier alpha value is -0.0800. The minimum Gasteiger partial charge on any atom is -0.392 e. The summed E-state index contributed by atoms with van der Waals surface area (Å²) < 4.78 is 0. The lowest BCUT2D eigenvalue weighted by molar-refractivity contribution is 0.0264. The summed E-state index contributed by atoms with van der Waals surface area (Å²) in [5, 5.41) is 9.51. The van der Waals surface area contributed by atoms with Gasteiger partial charge in [0, 0.05) is 19.6 Å². The fourth-order valence-corrected chi connectivity index (χ4v) is 1.45. The molecule has 1 saturated heterocycles. The first-order valence-corrected chi connectivity index (χ1v) is 4.50. The molecule has 2 nitrogen and oxygen atoms in total.